The highest BCUT2D eigenvalue weighted by molar-refractivity contribution is 8.00. The Balaban J connectivity index is 0.00000380. The van der Waals surface area contributed by atoms with E-state index >= 15 is 0 Å². The standard InChI is InChI=1S/C26H33F3N4O2S.CH4/c1-35-23-8-4-21(5-9-23)31-15-13-30(14-16-31)12-2-3-25(34)33-19-17-32(18-20-33)22-6-10-24(11-7-22)36-26(27,28)29;/h4-11H,2-3,12-20H2,1H3;1H4. The molecule has 2 saturated heterocycles. The van der Waals surface area contributed by atoms with Gasteiger partial charge in [0.25, 0.3) is 0 Å². The molecule has 2 aromatic carbocycles. The van der Waals surface area contributed by atoms with Crippen molar-refractivity contribution in [3.05, 3.63) is 48.5 Å². The number of rotatable bonds is 8. The molecule has 0 aromatic heterocycles. The Morgan fingerprint density at radius 3 is 1.86 bits per heavy atom. The molecule has 2 fully saturated rings. The molecule has 1 amide bonds. The lowest BCUT2D eigenvalue weighted by atomic mass is 10.2. The third-order valence-electron chi connectivity index (χ3n) is 6.74. The van der Waals surface area contributed by atoms with E-state index in [1.54, 1.807) is 19.2 Å². The molecule has 0 bridgehead atoms. The van der Waals surface area contributed by atoms with Gasteiger partial charge >= 0.3 is 5.51 Å². The fourth-order valence-corrected chi connectivity index (χ4v) is 5.25. The molecule has 0 spiro atoms. The minimum Gasteiger partial charge on any atom is -0.497 e. The molecule has 0 saturated carbocycles. The van der Waals surface area contributed by atoms with Crippen molar-refractivity contribution in [2.24, 2.45) is 0 Å². The third-order valence-corrected chi connectivity index (χ3v) is 7.48. The van der Waals surface area contributed by atoms with E-state index < -0.39 is 5.51 Å². The number of halogens is 3. The molecule has 6 nitrogen and oxygen atoms in total. The number of methoxy groups -OCH3 is 1. The monoisotopic (exact) mass is 538 g/mol. The summed E-state index contributed by atoms with van der Waals surface area (Å²) in [7, 11) is 1.67. The van der Waals surface area contributed by atoms with E-state index in [0.717, 1.165) is 50.6 Å². The number of amides is 1. The zero-order valence-corrected chi connectivity index (χ0v) is 21.4. The van der Waals surface area contributed by atoms with E-state index in [0.29, 0.717) is 32.6 Å². The van der Waals surface area contributed by atoms with Crippen molar-refractivity contribution in [2.45, 2.75) is 30.7 Å². The Kier molecular flexibility index (Phi) is 10.4. The van der Waals surface area contributed by atoms with Crippen molar-refractivity contribution in [3.8, 4) is 5.75 Å². The molecule has 0 atom stereocenters. The van der Waals surface area contributed by atoms with E-state index in [9.17, 15) is 18.0 Å². The highest BCUT2D eigenvalue weighted by atomic mass is 32.2. The van der Waals surface area contributed by atoms with Crippen LogP contribution in [0.1, 0.15) is 20.3 Å². The van der Waals surface area contributed by atoms with Crippen molar-refractivity contribution in [1.29, 1.82) is 0 Å². The van der Waals surface area contributed by atoms with Crippen LogP contribution >= 0.6 is 11.8 Å². The van der Waals surface area contributed by atoms with Gasteiger partial charge in [0, 0.05) is 75.0 Å². The molecule has 0 N–H and O–H groups in total. The summed E-state index contributed by atoms with van der Waals surface area (Å²) in [5.41, 5.74) is -2.18. The number of nitrogens with zero attached hydrogens (tertiary/aromatic N) is 4. The number of anilines is 2. The van der Waals surface area contributed by atoms with Crippen molar-refractivity contribution in [2.75, 3.05) is 75.8 Å². The molecule has 2 aromatic rings. The number of benzene rings is 2. The average Bonchev–Trinajstić information content (AvgIpc) is 2.89. The number of carbonyl (C=O) groups excluding carboxylic acids is 1. The summed E-state index contributed by atoms with van der Waals surface area (Å²) in [6.45, 7) is 7.48. The van der Waals surface area contributed by atoms with Gasteiger partial charge in [0.2, 0.25) is 5.91 Å². The lowest BCUT2D eigenvalue weighted by Gasteiger charge is -2.37. The summed E-state index contributed by atoms with van der Waals surface area (Å²) < 4.78 is 42.8. The van der Waals surface area contributed by atoms with Crippen molar-refractivity contribution in [3.63, 3.8) is 0 Å². The van der Waals surface area contributed by atoms with Gasteiger partial charge in [-0.2, -0.15) is 13.2 Å². The lowest BCUT2D eigenvalue weighted by Crippen LogP contribution is -2.49. The Hall–Kier alpha value is -2.59. The number of piperazine rings is 2. The fourth-order valence-electron chi connectivity index (χ4n) is 4.71. The summed E-state index contributed by atoms with van der Waals surface area (Å²) in [5, 5.41) is 0. The van der Waals surface area contributed by atoms with Crippen LogP contribution in [0.3, 0.4) is 0 Å². The van der Waals surface area contributed by atoms with E-state index in [1.165, 1.54) is 17.8 Å². The lowest BCUT2D eigenvalue weighted by molar-refractivity contribution is -0.131. The zero-order chi connectivity index (χ0) is 25.5. The van der Waals surface area contributed by atoms with Crippen LogP contribution in [0.15, 0.2) is 53.4 Å². The second kappa shape index (κ2) is 13.3. The first kappa shape index (κ1) is 29.0. The van der Waals surface area contributed by atoms with Gasteiger partial charge in [-0.25, -0.2) is 0 Å². The zero-order valence-electron chi connectivity index (χ0n) is 20.5. The maximum Gasteiger partial charge on any atom is 0.446 e. The number of ether oxygens (including phenoxy) is 1. The number of hydrogen-bond donors (Lipinski definition) is 0. The molecule has 2 aliphatic rings. The van der Waals surface area contributed by atoms with Gasteiger partial charge in [-0.1, -0.05) is 7.43 Å². The molecule has 10 heteroatoms. The van der Waals surface area contributed by atoms with Gasteiger partial charge in [0.1, 0.15) is 5.75 Å². The van der Waals surface area contributed by atoms with Gasteiger partial charge < -0.3 is 19.4 Å². The van der Waals surface area contributed by atoms with Gasteiger partial charge in [-0.05, 0) is 73.3 Å². The van der Waals surface area contributed by atoms with Crippen LogP contribution in [0.5, 0.6) is 5.75 Å². The average molecular weight is 539 g/mol. The highest BCUT2D eigenvalue weighted by Gasteiger charge is 2.29. The minimum atomic E-state index is -4.28. The molecular weight excluding hydrogens is 501 g/mol. The SMILES string of the molecule is C.COc1ccc(N2CCN(CCCC(=O)N3CCN(c4ccc(SC(F)(F)F)cc4)CC3)CC2)cc1. The van der Waals surface area contributed by atoms with Crippen molar-refractivity contribution >= 4 is 29.0 Å². The third kappa shape index (κ3) is 8.46. The van der Waals surface area contributed by atoms with Crippen LogP contribution in [0.2, 0.25) is 0 Å². The molecule has 2 heterocycles. The summed E-state index contributed by atoms with van der Waals surface area (Å²) in [4.78, 5) is 21.7. The van der Waals surface area contributed by atoms with E-state index in [2.05, 4.69) is 26.8 Å². The van der Waals surface area contributed by atoms with Crippen molar-refractivity contribution < 1.29 is 22.7 Å². The first-order valence-electron chi connectivity index (χ1n) is 12.3. The fraction of sp³-hybridized carbons (Fsp3) is 0.519. The van der Waals surface area contributed by atoms with Crippen LogP contribution in [-0.4, -0.2) is 87.2 Å². The maximum absolute atomic E-state index is 12.7. The number of alkyl halides is 3. The van der Waals surface area contributed by atoms with Crippen LogP contribution < -0.4 is 14.5 Å². The predicted octanol–water partition coefficient (Wildman–Crippen LogP) is 5.19. The van der Waals surface area contributed by atoms with Crippen molar-refractivity contribution in [1.82, 2.24) is 9.80 Å². The summed E-state index contributed by atoms with van der Waals surface area (Å²) >= 11 is -0.103. The topological polar surface area (TPSA) is 39.3 Å². The van der Waals surface area contributed by atoms with E-state index in [1.807, 2.05) is 17.0 Å². The number of thioether (sulfide) groups is 1. The van der Waals surface area contributed by atoms with Gasteiger partial charge in [0.05, 0.1) is 7.11 Å². The second-order valence-corrected chi connectivity index (χ2v) is 10.2. The van der Waals surface area contributed by atoms with E-state index in [-0.39, 0.29) is 30.0 Å². The highest BCUT2D eigenvalue weighted by Crippen LogP contribution is 2.37. The Bertz CT molecular complexity index is 973. The smallest absolute Gasteiger partial charge is 0.446 e. The minimum absolute atomic E-state index is 0. The first-order chi connectivity index (χ1) is 17.3. The van der Waals surface area contributed by atoms with Gasteiger partial charge in [-0.15, -0.1) is 0 Å². The number of hydrogen-bond acceptors (Lipinski definition) is 6. The molecule has 204 valence electrons. The van der Waals surface area contributed by atoms with Crippen LogP contribution in [0, 0.1) is 0 Å². The maximum atomic E-state index is 12.7. The first-order valence-corrected chi connectivity index (χ1v) is 13.1. The van der Waals surface area contributed by atoms with Gasteiger partial charge in [-0.3, -0.25) is 9.69 Å². The number of carbonyl (C=O) groups is 1. The second-order valence-electron chi connectivity index (χ2n) is 9.04. The Labute approximate surface area is 222 Å². The molecule has 0 radical (unpaired) electrons. The van der Waals surface area contributed by atoms with Crippen LogP contribution in [0.4, 0.5) is 24.5 Å². The molecule has 4 rings (SSSR count). The quantitative estimate of drug-likeness (QED) is 0.431. The Morgan fingerprint density at radius 1 is 0.838 bits per heavy atom. The summed E-state index contributed by atoms with van der Waals surface area (Å²) in [6.07, 6.45) is 1.39. The predicted molar refractivity (Wildman–Crippen MR) is 145 cm³/mol. The van der Waals surface area contributed by atoms with Crippen LogP contribution in [0.25, 0.3) is 0 Å². The van der Waals surface area contributed by atoms with E-state index in [4.69, 9.17) is 4.74 Å². The van der Waals surface area contributed by atoms with Crippen LogP contribution in [-0.2, 0) is 4.79 Å². The Morgan fingerprint density at radius 2 is 1.35 bits per heavy atom. The molecular formula is C27H37F3N4O2S. The molecule has 0 unspecified atom stereocenters. The largest absolute Gasteiger partial charge is 0.497 e. The molecule has 37 heavy (non-hydrogen) atoms. The molecule has 2 aliphatic heterocycles. The van der Waals surface area contributed by atoms with Gasteiger partial charge in [0.15, 0.2) is 0 Å². The summed E-state index contributed by atoms with van der Waals surface area (Å²) in [6, 6.07) is 14.6. The molecule has 0 aliphatic carbocycles. The normalized spacial score (nSPS) is 16.9. The summed E-state index contributed by atoms with van der Waals surface area (Å²) in [5.74, 6) is 1.05.